The highest BCUT2D eigenvalue weighted by Gasteiger charge is 2.32. The van der Waals surface area contributed by atoms with Crippen molar-refractivity contribution in [3.8, 4) is 0 Å². The molecule has 0 aliphatic carbocycles. The molecular weight excluding hydrogens is 354 g/mol. The van der Waals surface area contributed by atoms with Crippen molar-refractivity contribution in [3.05, 3.63) is 36.5 Å². The monoisotopic (exact) mass is 377 g/mol. The second-order valence-corrected chi connectivity index (χ2v) is 9.10. The lowest BCUT2D eigenvalue weighted by Crippen LogP contribution is -2.51. The van der Waals surface area contributed by atoms with E-state index in [1.807, 2.05) is 6.07 Å². The number of ether oxygens (including phenoxy) is 1. The molecule has 26 heavy (non-hydrogen) atoms. The van der Waals surface area contributed by atoms with Gasteiger partial charge >= 0.3 is 6.09 Å². The van der Waals surface area contributed by atoms with Gasteiger partial charge in [0.2, 0.25) is 10.0 Å². The van der Waals surface area contributed by atoms with Crippen LogP contribution in [0.2, 0.25) is 0 Å². The Kier molecular flexibility index (Phi) is 4.90. The van der Waals surface area contributed by atoms with Crippen LogP contribution in [0.3, 0.4) is 0 Å². The van der Waals surface area contributed by atoms with Crippen LogP contribution in [0.25, 0.3) is 10.9 Å². The molecule has 1 amide bonds. The van der Waals surface area contributed by atoms with Gasteiger partial charge < -0.3 is 9.64 Å². The summed E-state index contributed by atoms with van der Waals surface area (Å²) >= 11 is 0. The first-order valence-corrected chi connectivity index (χ1v) is 9.94. The summed E-state index contributed by atoms with van der Waals surface area (Å²) in [7, 11) is -3.66. The molecular formula is C18H23N3O4S. The molecule has 8 heteroatoms. The van der Waals surface area contributed by atoms with E-state index < -0.39 is 21.7 Å². The molecule has 2 heterocycles. The number of hydrogen-bond donors (Lipinski definition) is 0. The summed E-state index contributed by atoms with van der Waals surface area (Å²) in [5, 5.41) is 0.601. The fourth-order valence-electron chi connectivity index (χ4n) is 2.87. The number of aromatic nitrogens is 1. The molecule has 0 unspecified atom stereocenters. The summed E-state index contributed by atoms with van der Waals surface area (Å²) in [6, 6.07) is 8.69. The van der Waals surface area contributed by atoms with E-state index in [2.05, 4.69) is 4.98 Å². The van der Waals surface area contributed by atoms with Crippen molar-refractivity contribution in [1.29, 1.82) is 0 Å². The SMILES string of the molecule is CC(C)(C)OC(=O)N1CCN(S(=O)(=O)c2ccnc3ccccc23)CC1. The summed E-state index contributed by atoms with van der Waals surface area (Å²) in [6.45, 7) is 6.49. The van der Waals surface area contributed by atoms with Gasteiger partial charge in [0.1, 0.15) is 5.60 Å². The van der Waals surface area contributed by atoms with Crippen molar-refractivity contribution in [2.24, 2.45) is 0 Å². The van der Waals surface area contributed by atoms with E-state index >= 15 is 0 Å². The second-order valence-electron chi connectivity index (χ2n) is 7.20. The Hall–Kier alpha value is -2.19. The van der Waals surface area contributed by atoms with Crippen LogP contribution in [0.1, 0.15) is 20.8 Å². The van der Waals surface area contributed by atoms with Crippen molar-refractivity contribution in [2.45, 2.75) is 31.3 Å². The van der Waals surface area contributed by atoms with E-state index in [1.165, 1.54) is 16.6 Å². The first kappa shape index (κ1) is 18.6. The number of para-hydroxylation sites is 1. The van der Waals surface area contributed by atoms with Gasteiger partial charge in [0, 0.05) is 37.8 Å². The molecule has 0 saturated carbocycles. The lowest BCUT2D eigenvalue weighted by molar-refractivity contribution is 0.0192. The molecule has 1 aromatic carbocycles. The summed E-state index contributed by atoms with van der Waals surface area (Å²) in [5.41, 5.74) is 0.0666. The average molecular weight is 377 g/mol. The van der Waals surface area contributed by atoms with E-state index in [1.54, 1.807) is 43.9 Å². The van der Waals surface area contributed by atoms with E-state index in [0.29, 0.717) is 24.0 Å². The molecule has 1 aromatic heterocycles. The van der Waals surface area contributed by atoms with Crippen LogP contribution in [-0.4, -0.2) is 60.5 Å². The Balaban J connectivity index is 1.77. The smallest absolute Gasteiger partial charge is 0.410 e. The fourth-order valence-corrected chi connectivity index (χ4v) is 4.48. The molecule has 7 nitrogen and oxygen atoms in total. The van der Waals surface area contributed by atoms with Crippen molar-refractivity contribution in [3.63, 3.8) is 0 Å². The average Bonchev–Trinajstić information content (AvgIpc) is 2.60. The molecule has 0 bridgehead atoms. The van der Waals surface area contributed by atoms with Crippen LogP contribution in [-0.2, 0) is 14.8 Å². The van der Waals surface area contributed by atoms with Crippen LogP contribution in [0, 0.1) is 0 Å². The Morgan fingerprint density at radius 2 is 1.73 bits per heavy atom. The molecule has 0 spiro atoms. The van der Waals surface area contributed by atoms with Crippen LogP contribution in [0.4, 0.5) is 4.79 Å². The summed E-state index contributed by atoms with van der Waals surface area (Å²) in [4.78, 5) is 18.1. The fraction of sp³-hybridized carbons (Fsp3) is 0.444. The van der Waals surface area contributed by atoms with Crippen molar-refractivity contribution >= 4 is 27.0 Å². The Morgan fingerprint density at radius 3 is 2.38 bits per heavy atom. The molecule has 0 N–H and O–H groups in total. The number of carbonyl (C=O) groups is 1. The molecule has 1 aliphatic heterocycles. The van der Waals surface area contributed by atoms with Gasteiger partial charge in [-0.2, -0.15) is 4.31 Å². The topological polar surface area (TPSA) is 79.8 Å². The molecule has 140 valence electrons. The number of sulfonamides is 1. The number of piperazine rings is 1. The second kappa shape index (κ2) is 6.85. The predicted octanol–water partition coefficient (Wildman–Crippen LogP) is 2.48. The van der Waals surface area contributed by atoms with Gasteiger partial charge in [-0.05, 0) is 32.9 Å². The summed E-state index contributed by atoms with van der Waals surface area (Å²) in [6.07, 6.45) is 1.09. The lowest BCUT2D eigenvalue weighted by atomic mass is 10.2. The molecule has 3 rings (SSSR count). The molecule has 1 saturated heterocycles. The minimum absolute atomic E-state index is 0.234. The van der Waals surface area contributed by atoms with Gasteiger partial charge in [-0.25, -0.2) is 13.2 Å². The predicted molar refractivity (Wildman–Crippen MR) is 98.3 cm³/mol. The van der Waals surface area contributed by atoms with Crippen LogP contribution < -0.4 is 0 Å². The van der Waals surface area contributed by atoms with Gasteiger partial charge in [-0.3, -0.25) is 4.98 Å². The Morgan fingerprint density at radius 1 is 1.08 bits per heavy atom. The van der Waals surface area contributed by atoms with E-state index in [9.17, 15) is 13.2 Å². The van der Waals surface area contributed by atoms with E-state index in [0.717, 1.165) is 0 Å². The molecule has 1 fully saturated rings. The van der Waals surface area contributed by atoms with Crippen LogP contribution in [0.15, 0.2) is 41.4 Å². The number of hydrogen-bond acceptors (Lipinski definition) is 5. The normalized spacial score (nSPS) is 16.7. The maximum Gasteiger partial charge on any atom is 0.410 e. The third-order valence-corrected chi connectivity index (χ3v) is 6.07. The standard InChI is InChI=1S/C18H23N3O4S/c1-18(2,3)25-17(22)20-10-12-21(13-11-20)26(23,24)16-8-9-19-15-7-5-4-6-14(15)16/h4-9H,10-13H2,1-3H3. The summed E-state index contributed by atoms with van der Waals surface area (Å²) in [5.74, 6) is 0. The van der Waals surface area contributed by atoms with Crippen molar-refractivity contribution < 1.29 is 17.9 Å². The van der Waals surface area contributed by atoms with Gasteiger partial charge in [-0.15, -0.1) is 0 Å². The highest BCUT2D eigenvalue weighted by Crippen LogP contribution is 2.25. The highest BCUT2D eigenvalue weighted by molar-refractivity contribution is 7.89. The number of rotatable bonds is 2. The molecule has 0 atom stereocenters. The quantitative estimate of drug-likeness (QED) is 0.803. The Bertz CT molecular complexity index is 908. The maximum atomic E-state index is 13.1. The highest BCUT2D eigenvalue weighted by atomic mass is 32.2. The zero-order valence-electron chi connectivity index (χ0n) is 15.2. The van der Waals surface area contributed by atoms with E-state index in [-0.39, 0.29) is 18.0 Å². The number of carbonyl (C=O) groups excluding carboxylic acids is 1. The number of pyridine rings is 1. The minimum Gasteiger partial charge on any atom is -0.444 e. The minimum atomic E-state index is -3.66. The molecule has 0 radical (unpaired) electrons. The van der Waals surface area contributed by atoms with Crippen molar-refractivity contribution in [2.75, 3.05) is 26.2 Å². The molecule has 1 aliphatic rings. The van der Waals surface area contributed by atoms with Crippen molar-refractivity contribution in [1.82, 2.24) is 14.2 Å². The number of fused-ring (bicyclic) bond motifs is 1. The maximum absolute atomic E-state index is 13.1. The number of nitrogens with zero attached hydrogens (tertiary/aromatic N) is 3. The zero-order chi connectivity index (χ0) is 18.9. The number of amides is 1. The largest absolute Gasteiger partial charge is 0.444 e. The third kappa shape index (κ3) is 3.81. The molecule has 2 aromatic rings. The van der Waals surface area contributed by atoms with Gasteiger partial charge in [0.25, 0.3) is 0 Å². The number of benzene rings is 1. The third-order valence-electron chi connectivity index (χ3n) is 4.12. The van der Waals surface area contributed by atoms with Gasteiger partial charge in [0.05, 0.1) is 10.4 Å². The summed E-state index contributed by atoms with van der Waals surface area (Å²) < 4.78 is 32.9. The van der Waals surface area contributed by atoms with Gasteiger partial charge in [0.15, 0.2) is 0 Å². The van der Waals surface area contributed by atoms with Crippen LogP contribution >= 0.6 is 0 Å². The lowest BCUT2D eigenvalue weighted by Gasteiger charge is -2.35. The first-order valence-electron chi connectivity index (χ1n) is 8.50. The first-order chi connectivity index (χ1) is 12.2. The van der Waals surface area contributed by atoms with Crippen LogP contribution in [0.5, 0.6) is 0 Å². The van der Waals surface area contributed by atoms with Gasteiger partial charge in [-0.1, -0.05) is 18.2 Å². The van der Waals surface area contributed by atoms with E-state index in [4.69, 9.17) is 4.74 Å². The zero-order valence-corrected chi connectivity index (χ0v) is 16.0. The Labute approximate surface area is 153 Å².